The lowest BCUT2D eigenvalue weighted by atomic mass is 10.2. The van der Waals surface area contributed by atoms with Crippen LogP contribution in [0.25, 0.3) is 11.5 Å². The molecular weight excluding hydrogens is 286 g/mol. The predicted molar refractivity (Wildman–Crippen MR) is 85.2 cm³/mol. The number of unbranched alkanes of at least 4 members (excludes halogenated alkanes) is 1. The molecule has 1 N–H and O–H groups in total. The molecule has 0 aliphatic carbocycles. The molecule has 2 rings (SSSR count). The summed E-state index contributed by atoms with van der Waals surface area (Å²) >= 11 is 1.82. The lowest BCUT2D eigenvalue weighted by molar-refractivity contribution is -0.115. The third-order valence-electron chi connectivity index (χ3n) is 2.87. The highest BCUT2D eigenvalue weighted by Gasteiger charge is 2.06. The van der Waals surface area contributed by atoms with Crippen molar-refractivity contribution in [3.05, 3.63) is 30.7 Å². The Morgan fingerprint density at radius 2 is 2.29 bits per heavy atom. The number of carbonyl (C=O) groups is 1. The van der Waals surface area contributed by atoms with Gasteiger partial charge in [-0.3, -0.25) is 4.79 Å². The Kier molecular flexibility index (Phi) is 6.27. The van der Waals surface area contributed by atoms with Gasteiger partial charge in [0.1, 0.15) is 0 Å². The van der Waals surface area contributed by atoms with E-state index < -0.39 is 0 Å². The van der Waals surface area contributed by atoms with Crippen molar-refractivity contribution in [2.45, 2.75) is 26.2 Å². The van der Waals surface area contributed by atoms with Crippen molar-refractivity contribution in [3.8, 4) is 11.5 Å². The Hall–Kier alpha value is -1.82. The van der Waals surface area contributed by atoms with Crippen molar-refractivity contribution in [2.75, 3.05) is 16.8 Å². The summed E-state index contributed by atoms with van der Waals surface area (Å²) in [5, 5.41) is 10.4. The van der Waals surface area contributed by atoms with Crippen LogP contribution >= 0.6 is 11.8 Å². The van der Waals surface area contributed by atoms with Gasteiger partial charge in [0.05, 0.1) is 0 Å². The van der Waals surface area contributed by atoms with Crippen LogP contribution in [-0.4, -0.2) is 27.6 Å². The van der Waals surface area contributed by atoms with Crippen LogP contribution < -0.4 is 5.32 Å². The summed E-state index contributed by atoms with van der Waals surface area (Å²) in [6, 6.07) is 7.40. The second-order valence-electron chi connectivity index (χ2n) is 4.59. The number of nitrogens with one attached hydrogen (secondary N) is 1. The first-order valence-corrected chi connectivity index (χ1v) is 8.19. The first kappa shape index (κ1) is 15.6. The fraction of sp³-hybridized carbons (Fsp3) is 0.400. The molecule has 21 heavy (non-hydrogen) atoms. The Morgan fingerprint density at radius 3 is 3.05 bits per heavy atom. The van der Waals surface area contributed by atoms with Crippen LogP contribution in [0.15, 0.2) is 35.1 Å². The Morgan fingerprint density at radius 1 is 1.38 bits per heavy atom. The zero-order valence-electron chi connectivity index (χ0n) is 12.0. The van der Waals surface area contributed by atoms with Gasteiger partial charge in [-0.05, 0) is 30.4 Å². The average molecular weight is 305 g/mol. The number of benzene rings is 1. The maximum atomic E-state index is 11.9. The number of nitrogens with zero attached hydrogens (tertiary/aromatic N) is 2. The highest BCUT2D eigenvalue weighted by molar-refractivity contribution is 7.99. The van der Waals surface area contributed by atoms with Gasteiger partial charge in [-0.25, -0.2) is 0 Å². The molecule has 6 heteroatoms. The average Bonchev–Trinajstić information content (AvgIpc) is 3.01. The number of hydrogen-bond acceptors (Lipinski definition) is 5. The third kappa shape index (κ3) is 5.23. The largest absolute Gasteiger partial charge is 0.423 e. The number of hydrogen-bond donors (Lipinski definition) is 1. The third-order valence-corrected chi connectivity index (χ3v) is 3.94. The number of anilines is 1. The van der Waals surface area contributed by atoms with Crippen molar-refractivity contribution in [1.82, 2.24) is 10.2 Å². The lowest BCUT2D eigenvalue weighted by Gasteiger charge is -2.06. The molecule has 0 bridgehead atoms. The van der Waals surface area contributed by atoms with Crippen molar-refractivity contribution >= 4 is 23.4 Å². The molecule has 0 atom stereocenters. The van der Waals surface area contributed by atoms with E-state index in [-0.39, 0.29) is 5.91 Å². The molecule has 0 saturated heterocycles. The molecule has 0 radical (unpaired) electrons. The van der Waals surface area contributed by atoms with Crippen LogP contribution in [0.3, 0.4) is 0 Å². The molecule has 1 amide bonds. The van der Waals surface area contributed by atoms with Crippen LogP contribution in [0.1, 0.15) is 26.2 Å². The molecule has 2 aromatic rings. The summed E-state index contributed by atoms with van der Waals surface area (Å²) in [5.74, 6) is 2.45. The van der Waals surface area contributed by atoms with E-state index in [1.165, 1.54) is 19.2 Å². The smallest absolute Gasteiger partial charge is 0.247 e. The Bertz CT molecular complexity index is 558. The minimum atomic E-state index is 0.0293. The molecule has 112 valence electrons. The van der Waals surface area contributed by atoms with Gasteiger partial charge in [-0.1, -0.05) is 19.4 Å². The highest BCUT2D eigenvalue weighted by atomic mass is 32.2. The van der Waals surface area contributed by atoms with Gasteiger partial charge >= 0.3 is 0 Å². The second kappa shape index (κ2) is 8.46. The van der Waals surface area contributed by atoms with Crippen LogP contribution in [-0.2, 0) is 4.79 Å². The van der Waals surface area contributed by atoms with Crippen LogP contribution in [0.5, 0.6) is 0 Å². The zero-order valence-corrected chi connectivity index (χ0v) is 12.9. The number of carbonyl (C=O) groups excluding carboxylic acids is 1. The quantitative estimate of drug-likeness (QED) is 0.755. The fourth-order valence-corrected chi connectivity index (χ4v) is 2.79. The van der Waals surface area contributed by atoms with Crippen molar-refractivity contribution in [2.24, 2.45) is 0 Å². The number of thioether (sulfide) groups is 1. The van der Waals surface area contributed by atoms with Crippen molar-refractivity contribution in [1.29, 1.82) is 0 Å². The van der Waals surface area contributed by atoms with Gasteiger partial charge in [0.15, 0.2) is 0 Å². The molecule has 0 spiro atoms. The Balaban J connectivity index is 1.82. The van der Waals surface area contributed by atoms with E-state index in [0.29, 0.717) is 12.3 Å². The molecule has 1 aromatic heterocycles. The summed E-state index contributed by atoms with van der Waals surface area (Å²) in [7, 11) is 0. The van der Waals surface area contributed by atoms with E-state index in [0.717, 1.165) is 22.8 Å². The maximum Gasteiger partial charge on any atom is 0.247 e. The zero-order chi connectivity index (χ0) is 14.9. The second-order valence-corrected chi connectivity index (χ2v) is 5.81. The molecule has 0 aliphatic rings. The Labute approximate surface area is 128 Å². The molecule has 0 fully saturated rings. The SMILES string of the molecule is CCCCSCCC(=O)Nc1cccc(-c2nnco2)c1. The molecule has 0 saturated carbocycles. The summed E-state index contributed by atoms with van der Waals surface area (Å²) in [5.41, 5.74) is 1.54. The van der Waals surface area contributed by atoms with E-state index in [4.69, 9.17) is 4.42 Å². The number of aromatic nitrogens is 2. The van der Waals surface area contributed by atoms with Gasteiger partial charge in [-0.15, -0.1) is 10.2 Å². The van der Waals surface area contributed by atoms with Gasteiger partial charge in [0.2, 0.25) is 18.2 Å². The maximum absolute atomic E-state index is 11.9. The predicted octanol–water partition coefficient (Wildman–Crippen LogP) is 3.60. The topological polar surface area (TPSA) is 68.0 Å². The summed E-state index contributed by atoms with van der Waals surface area (Å²) in [4.78, 5) is 11.9. The van der Waals surface area contributed by atoms with E-state index >= 15 is 0 Å². The molecule has 1 heterocycles. The fourth-order valence-electron chi connectivity index (χ4n) is 1.77. The molecule has 1 aromatic carbocycles. The summed E-state index contributed by atoms with van der Waals surface area (Å²) in [6.45, 7) is 2.17. The van der Waals surface area contributed by atoms with Gasteiger partial charge in [0.25, 0.3) is 0 Å². The van der Waals surface area contributed by atoms with Crippen LogP contribution in [0, 0.1) is 0 Å². The van der Waals surface area contributed by atoms with Crippen LogP contribution in [0.4, 0.5) is 5.69 Å². The molecule has 0 unspecified atom stereocenters. The minimum absolute atomic E-state index is 0.0293. The van der Waals surface area contributed by atoms with Gasteiger partial charge in [0, 0.05) is 23.4 Å². The molecule has 5 nitrogen and oxygen atoms in total. The summed E-state index contributed by atoms with van der Waals surface area (Å²) in [6.07, 6.45) is 4.22. The first-order chi connectivity index (χ1) is 10.3. The van der Waals surface area contributed by atoms with Gasteiger partial charge in [-0.2, -0.15) is 11.8 Å². The van der Waals surface area contributed by atoms with Crippen LogP contribution in [0.2, 0.25) is 0 Å². The minimum Gasteiger partial charge on any atom is -0.423 e. The lowest BCUT2D eigenvalue weighted by Crippen LogP contribution is -2.12. The van der Waals surface area contributed by atoms with E-state index in [1.807, 2.05) is 36.0 Å². The van der Waals surface area contributed by atoms with E-state index in [2.05, 4.69) is 22.4 Å². The standard InChI is InChI=1S/C15H19N3O2S/c1-2-3-8-21-9-7-14(19)17-13-6-4-5-12(10-13)15-18-16-11-20-15/h4-6,10-11H,2-3,7-9H2,1H3,(H,17,19). The van der Waals surface area contributed by atoms with Crippen molar-refractivity contribution in [3.63, 3.8) is 0 Å². The number of rotatable bonds is 8. The summed E-state index contributed by atoms with van der Waals surface area (Å²) < 4.78 is 5.14. The normalized spacial score (nSPS) is 10.5. The van der Waals surface area contributed by atoms with Gasteiger partial charge < -0.3 is 9.73 Å². The number of amides is 1. The monoisotopic (exact) mass is 305 g/mol. The van der Waals surface area contributed by atoms with E-state index in [1.54, 1.807) is 0 Å². The molecule has 0 aliphatic heterocycles. The van der Waals surface area contributed by atoms with Crippen molar-refractivity contribution < 1.29 is 9.21 Å². The molecular formula is C15H19N3O2S. The highest BCUT2D eigenvalue weighted by Crippen LogP contribution is 2.20. The van der Waals surface area contributed by atoms with E-state index in [9.17, 15) is 4.79 Å². The first-order valence-electron chi connectivity index (χ1n) is 7.04.